The lowest BCUT2D eigenvalue weighted by Gasteiger charge is -2.42. The van der Waals surface area contributed by atoms with Crippen molar-refractivity contribution < 1.29 is 44.1 Å². The Morgan fingerprint density at radius 2 is 1.63 bits per heavy atom. The molecule has 0 bridgehead atoms. The first-order valence-corrected chi connectivity index (χ1v) is 21.9. The Morgan fingerprint density at radius 3 is 2.38 bits per heavy atom. The largest absolute Gasteiger partial charge is 0.502 e. The van der Waals surface area contributed by atoms with E-state index in [4.69, 9.17) is 23.7 Å². The molecule has 0 radical (unpaired) electrons. The number of aliphatic hydroxyl groups excluding tert-OH is 3. The van der Waals surface area contributed by atoms with Crippen molar-refractivity contribution in [3.8, 4) is 45.6 Å². The van der Waals surface area contributed by atoms with Gasteiger partial charge < -0.3 is 49.4 Å². The summed E-state index contributed by atoms with van der Waals surface area (Å²) in [6.07, 6.45) is 6.18. The number of fused-ring (bicyclic) bond motifs is 3. The fourth-order valence-corrected chi connectivity index (χ4v) is 11.1. The molecule has 4 aromatic rings. The summed E-state index contributed by atoms with van der Waals surface area (Å²) < 4.78 is 31.5. The minimum atomic E-state index is -1.03. The van der Waals surface area contributed by atoms with E-state index in [0.29, 0.717) is 46.8 Å². The van der Waals surface area contributed by atoms with E-state index < -0.39 is 24.0 Å². The number of aromatic hydroxyl groups is 1. The summed E-state index contributed by atoms with van der Waals surface area (Å²) in [5, 5.41) is 53.3. The lowest BCUT2D eigenvalue weighted by atomic mass is 9.66. The van der Waals surface area contributed by atoms with Gasteiger partial charge in [0.05, 0.1) is 39.1 Å². The SMILES string of the molecule is CCNC1(Oc2cc(OC)c3c4c2C(O)Nc2cc5c(c(c2-4)CC3)C(O)C(c2cc(OC)c(O)c(OCC(CO)C3CCC(C)(C)c4ccccc43)c2)CO5)CCCCC1. The van der Waals surface area contributed by atoms with Crippen LogP contribution in [0.15, 0.2) is 48.5 Å². The summed E-state index contributed by atoms with van der Waals surface area (Å²) in [5.41, 5.74) is 8.61. The van der Waals surface area contributed by atoms with E-state index in [1.807, 2.05) is 12.1 Å². The number of phenolic OH excluding ortho intramolecular Hbond substituents is 1. The molecule has 5 atom stereocenters. The normalized spacial score (nSPS) is 23.5. The van der Waals surface area contributed by atoms with Gasteiger partial charge in [-0.15, -0.1) is 0 Å². The maximum Gasteiger partial charge on any atom is 0.200 e. The van der Waals surface area contributed by atoms with Gasteiger partial charge in [-0.05, 0) is 90.8 Å². The average molecular weight is 821 g/mol. The van der Waals surface area contributed by atoms with Gasteiger partial charge in [0.1, 0.15) is 17.2 Å². The van der Waals surface area contributed by atoms with Gasteiger partial charge in [-0.3, -0.25) is 5.32 Å². The lowest BCUT2D eigenvalue weighted by molar-refractivity contribution is -0.00334. The summed E-state index contributed by atoms with van der Waals surface area (Å²) in [7, 11) is 3.17. The predicted molar refractivity (Wildman–Crippen MR) is 230 cm³/mol. The standard InChI is InChI=1S/C49H60N2O9/c1-6-50-49(17-10-7-11-18-49)60-38-23-36(56-4)31-14-15-32-41-35(51-47(55)44(38)43(31)41)22-37-42(32)45(53)33(26-59-37)27-20-39(57-5)46(54)40(21-27)58-25-28(24-52)29-16-19-48(2,3)34-13-9-8-12-30(29)34/h8-9,12-13,20-23,28-29,33,45,47,50-55H,6-7,10-11,14-19,24-26H2,1-5H3. The van der Waals surface area contributed by atoms with Crippen molar-refractivity contribution in [2.45, 2.75) is 114 Å². The zero-order valence-corrected chi connectivity index (χ0v) is 35.5. The van der Waals surface area contributed by atoms with Crippen molar-refractivity contribution in [2.24, 2.45) is 5.92 Å². The van der Waals surface area contributed by atoms with Gasteiger partial charge in [-0.1, -0.05) is 51.5 Å². The molecule has 0 aromatic heterocycles. The molecule has 0 saturated heterocycles. The van der Waals surface area contributed by atoms with E-state index in [9.17, 15) is 20.4 Å². The third kappa shape index (κ3) is 6.82. The molecule has 3 aliphatic carbocycles. The Balaban J connectivity index is 1.06. The van der Waals surface area contributed by atoms with Crippen LogP contribution in [0.2, 0.25) is 0 Å². The molecule has 1 fully saturated rings. The van der Waals surface area contributed by atoms with Crippen LogP contribution in [-0.2, 0) is 18.3 Å². The molecular formula is C49H60N2O9. The van der Waals surface area contributed by atoms with Gasteiger partial charge in [-0.2, -0.15) is 0 Å². The van der Waals surface area contributed by atoms with Crippen LogP contribution in [-0.4, -0.2) is 66.7 Å². The van der Waals surface area contributed by atoms with Crippen LogP contribution in [0, 0.1) is 5.92 Å². The highest BCUT2D eigenvalue weighted by atomic mass is 16.5. The number of benzene rings is 4. The first-order valence-electron chi connectivity index (χ1n) is 21.9. The number of anilines is 1. The molecule has 0 spiro atoms. The van der Waals surface area contributed by atoms with Gasteiger partial charge in [0.15, 0.2) is 23.5 Å². The van der Waals surface area contributed by atoms with Crippen LogP contribution in [0.4, 0.5) is 5.69 Å². The van der Waals surface area contributed by atoms with Gasteiger partial charge in [-0.25, -0.2) is 0 Å². The molecule has 2 heterocycles. The Bertz CT molecular complexity index is 2260. The number of aliphatic hydroxyl groups is 3. The quantitative estimate of drug-likeness (QED) is 0.0767. The van der Waals surface area contributed by atoms with Crippen LogP contribution >= 0.6 is 0 Å². The van der Waals surface area contributed by atoms with E-state index in [0.717, 1.165) is 73.0 Å². The zero-order chi connectivity index (χ0) is 41.9. The van der Waals surface area contributed by atoms with Crippen LogP contribution in [0.1, 0.15) is 129 Å². The molecule has 4 aromatic carbocycles. The monoisotopic (exact) mass is 820 g/mol. The molecular weight excluding hydrogens is 761 g/mol. The number of ether oxygens (including phenoxy) is 5. The van der Waals surface area contributed by atoms with Gasteiger partial charge in [0.25, 0.3) is 0 Å². The number of rotatable bonds is 12. The zero-order valence-electron chi connectivity index (χ0n) is 35.5. The van der Waals surface area contributed by atoms with Crippen molar-refractivity contribution in [3.05, 3.63) is 87.5 Å². The van der Waals surface area contributed by atoms with E-state index in [1.54, 1.807) is 19.2 Å². The molecule has 11 nitrogen and oxygen atoms in total. The smallest absolute Gasteiger partial charge is 0.200 e. The number of methoxy groups -OCH3 is 2. The summed E-state index contributed by atoms with van der Waals surface area (Å²) >= 11 is 0. The van der Waals surface area contributed by atoms with Crippen molar-refractivity contribution in [1.82, 2.24) is 5.32 Å². The molecule has 2 aliphatic heterocycles. The number of hydrogen-bond donors (Lipinski definition) is 6. The second-order valence-electron chi connectivity index (χ2n) is 18.1. The molecule has 60 heavy (non-hydrogen) atoms. The van der Waals surface area contributed by atoms with Crippen LogP contribution in [0.5, 0.6) is 34.5 Å². The maximum atomic E-state index is 12.5. The van der Waals surface area contributed by atoms with E-state index in [2.05, 4.69) is 55.7 Å². The predicted octanol–water partition coefficient (Wildman–Crippen LogP) is 8.29. The van der Waals surface area contributed by atoms with Crippen molar-refractivity contribution in [3.63, 3.8) is 0 Å². The Kier molecular flexibility index (Phi) is 10.8. The summed E-state index contributed by atoms with van der Waals surface area (Å²) in [5.74, 6) is 1.55. The van der Waals surface area contributed by atoms with Crippen LogP contribution < -0.4 is 34.3 Å². The maximum absolute atomic E-state index is 12.5. The van der Waals surface area contributed by atoms with Crippen LogP contribution in [0.25, 0.3) is 11.1 Å². The first-order chi connectivity index (χ1) is 29.0. The summed E-state index contributed by atoms with van der Waals surface area (Å²) in [6, 6.07) is 15.8. The Morgan fingerprint density at radius 1 is 0.883 bits per heavy atom. The van der Waals surface area contributed by atoms with Crippen molar-refractivity contribution >= 4 is 5.69 Å². The second kappa shape index (κ2) is 16.0. The minimum absolute atomic E-state index is 0.0464. The molecule has 11 heteroatoms. The third-order valence-electron chi connectivity index (χ3n) is 14.2. The highest BCUT2D eigenvalue weighted by molar-refractivity contribution is 5.93. The molecule has 9 rings (SSSR count). The van der Waals surface area contributed by atoms with Gasteiger partial charge >= 0.3 is 0 Å². The highest BCUT2D eigenvalue weighted by Crippen LogP contribution is 2.58. The topological polar surface area (TPSA) is 151 Å². The Hall–Kier alpha value is -4.68. The fourth-order valence-electron chi connectivity index (χ4n) is 11.1. The average Bonchev–Trinajstić information content (AvgIpc) is 3.24. The molecule has 6 N–H and O–H groups in total. The Labute approximate surface area is 353 Å². The van der Waals surface area contributed by atoms with Gasteiger partial charge in [0, 0.05) is 71.4 Å². The van der Waals surface area contributed by atoms with Crippen molar-refractivity contribution in [2.75, 3.05) is 45.9 Å². The van der Waals surface area contributed by atoms with Gasteiger partial charge in [0.2, 0.25) is 5.75 Å². The fraction of sp³-hybridized carbons (Fsp3) is 0.510. The molecule has 1 saturated carbocycles. The highest BCUT2D eigenvalue weighted by Gasteiger charge is 2.43. The number of hydrogen-bond acceptors (Lipinski definition) is 11. The summed E-state index contributed by atoms with van der Waals surface area (Å²) in [4.78, 5) is 0. The van der Waals surface area contributed by atoms with Crippen molar-refractivity contribution in [1.29, 1.82) is 0 Å². The lowest BCUT2D eigenvalue weighted by Crippen LogP contribution is -2.51. The third-order valence-corrected chi connectivity index (χ3v) is 14.2. The van der Waals surface area contributed by atoms with Crippen LogP contribution in [0.3, 0.4) is 0 Å². The first kappa shape index (κ1) is 40.7. The summed E-state index contributed by atoms with van der Waals surface area (Å²) in [6.45, 7) is 7.67. The van der Waals surface area contributed by atoms with E-state index in [1.165, 1.54) is 24.7 Å². The second-order valence-corrected chi connectivity index (χ2v) is 18.1. The molecule has 320 valence electrons. The molecule has 5 unspecified atom stereocenters. The minimum Gasteiger partial charge on any atom is -0.502 e. The molecule has 0 amide bonds. The van der Waals surface area contributed by atoms with E-state index in [-0.39, 0.29) is 54.3 Å². The number of phenols is 1. The van der Waals surface area contributed by atoms with E-state index >= 15 is 0 Å². The number of nitrogens with one attached hydrogen (secondary N) is 2. The molecule has 5 aliphatic rings.